The van der Waals surface area contributed by atoms with Crippen LogP contribution in [0.3, 0.4) is 0 Å². The summed E-state index contributed by atoms with van der Waals surface area (Å²) in [6.07, 6.45) is 6.62. The fourth-order valence-corrected chi connectivity index (χ4v) is 2.89. The van der Waals surface area contributed by atoms with E-state index < -0.39 is 0 Å². The lowest BCUT2D eigenvalue weighted by Crippen LogP contribution is -2.35. The lowest BCUT2D eigenvalue weighted by molar-refractivity contribution is -0.135. The molecular weight excluding hydrogens is 266 g/mol. The number of hydrogen-bond donors (Lipinski definition) is 0. The standard InChI is InChI=1S/C16H25N3O2/c1-3-6-13(7-4-2)16(20)19-11-9-14(12-19)21-15-8-5-10-17-18-15/h5,8,10,13-14H,3-4,6-7,9,11-12H2,1-2H3. The summed E-state index contributed by atoms with van der Waals surface area (Å²) in [4.78, 5) is 14.5. The van der Waals surface area contributed by atoms with Gasteiger partial charge < -0.3 is 9.64 Å². The van der Waals surface area contributed by atoms with Gasteiger partial charge in [0.2, 0.25) is 11.8 Å². The summed E-state index contributed by atoms with van der Waals surface area (Å²) in [5.41, 5.74) is 0. The minimum absolute atomic E-state index is 0.0366. The zero-order chi connectivity index (χ0) is 15.1. The van der Waals surface area contributed by atoms with Crippen LogP contribution in [-0.4, -0.2) is 40.2 Å². The van der Waals surface area contributed by atoms with E-state index in [1.807, 2.05) is 4.90 Å². The van der Waals surface area contributed by atoms with Gasteiger partial charge in [0.05, 0.1) is 6.54 Å². The molecule has 0 aliphatic carbocycles. The number of hydrogen-bond acceptors (Lipinski definition) is 4. The van der Waals surface area contributed by atoms with Crippen molar-refractivity contribution in [1.29, 1.82) is 0 Å². The average molecular weight is 291 g/mol. The smallest absolute Gasteiger partial charge is 0.233 e. The molecule has 5 nitrogen and oxygen atoms in total. The average Bonchev–Trinajstić information content (AvgIpc) is 2.96. The molecule has 5 heteroatoms. The minimum atomic E-state index is 0.0366. The van der Waals surface area contributed by atoms with Gasteiger partial charge in [0.15, 0.2) is 0 Å². The van der Waals surface area contributed by atoms with Gasteiger partial charge in [0.1, 0.15) is 6.10 Å². The molecule has 0 bridgehead atoms. The summed E-state index contributed by atoms with van der Waals surface area (Å²) in [5, 5.41) is 7.73. The third kappa shape index (κ3) is 4.41. The van der Waals surface area contributed by atoms with E-state index in [4.69, 9.17) is 4.74 Å². The van der Waals surface area contributed by atoms with Gasteiger partial charge in [0.25, 0.3) is 0 Å². The highest BCUT2D eigenvalue weighted by Crippen LogP contribution is 2.22. The van der Waals surface area contributed by atoms with E-state index in [9.17, 15) is 4.79 Å². The number of amides is 1. The summed E-state index contributed by atoms with van der Waals surface area (Å²) < 4.78 is 5.79. The fraction of sp³-hybridized carbons (Fsp3) is 0.688. The van der Waals surface area contributed by atoms with Crippen molar-refractivity contribution < 1.29 is 9.53 Å². The van der Waals surface area contributed by atoms with Crippen molar-refractivity contribution in [2.75, 3.05) is 13.1 Å². The number of carbonyl (C=O) groups excluding carboxylic acids is 1. The quantitative estimate of drug-likeness (QED) is 0.775. The maximum absolute atomic E-state index is 12.6. The summed E-state index contributed by atoms with van der Waals surface area (Å²) in [7, 11) is 0. The molecule has 0 radical (unpaired) electrons. The first-order valence-electron chi connectivity index (χ1n) is 7.97. The Labute approximate surface area is 126 Å². The van der Waals surface area contributed by atoms with Crippen LogP contribution in [0, 0.1) is 5.92 Å². The monoisotopic (exact) mass is 291 g/mol. The Balaban J connectivity index is 1.87. The maximum Gasteiger partial charge on any atom is 0.233 e. The molecule has 21 heavy (non-hydrogen) atoms. The first kappa shape index (κ1) is 15.7. The van der Waals surface area contributed by atoms with Crippen LogP contribution in [-0.2, 0) is 4.79 Å². The highest BCUT2D eigenvalue weighted by Gasteiger charge is 2.31. The van der Waals surface area contributed by atoms with Crippen LogP contribution in [0.5, 0.6) is 5.88 Å². The zero-order valence-corrected chi connectivity index (χ0v) is 13.0. The molecule has 1 amide bonds. The van der Waals surface area contributed by atoms with Crippen molar-refractivity contribution >= 4 is 5.91 Å². The van der Waals surface area contributed by atoms with E-state index in [0.717, 1.165) is 38.6 Å². The Morgan fingerprint density at radius 2 is 2.19 bits per heavy atom. The van der Waals surface area contributed by atoms with Crippen molar-refractivity contribution in [2.45, 2.75) is 52.1 Å². The molecule has 116 valence electrons. The second kappa shape index (κ2) is 7.96. The second-order valence-corrected chi connectivity index (χ2v) is 5.65. The van der Waals surface area contributed by atoms with Crippen LogP contribution >= 0.6 is 0 Å². The van der Waals surface area contributed by atoms with Gasteiger partial charge in [-0.25, -0.2) is 0 Å². The van der Waals surface area contributed by atoms with Crippen molar-refractivity contribution in [2.24, 2.45) is 5.92 Å². The molecule has 1 aromatic rings. The molecule has 2 rings (SSSR count). The SMILES string of the molecule is CCCC(CCC)C(=O)N1CCC(Oc2cccnn2)C1. The maximum atomic E-state index is 12.6. The molecule has 1 aromatic heterocycles. The van der Waals surface area contributed by atoms with Gasteiger partial charge in [0, 0.05) is 31.1 Å². The Bertz CT molecular complexity index is 432. The molecule has 0 aromatic carbocycles. The van der Waals surface area contributed by atoms with Crippen molar-refractivity contribution in [3.05, 3.63) is 18.3 Å². The Kier molecular flexibility index (Phi) is 5.96. The highest BCUT2D eigenvalue weighted by molar-refractivity contribution is 5.79. The van der Waals surface area contributed by atoms with E-state index >= 15 is 0 Å². The van der Waals surface area contributed by atoms with Gasteiger partial charge >= 0.3 is 0 Å². The third-order valence-electron chi connectivity index (χ3n) is 3.92. The Morgan fingerprint density at radius 3 is 2.81 bits per heavy atom. The summed E-state index contributed by atoms with van der Waals surface area (Å²) in [6, 6.07) is 3.60. The largest absolute Gasteiger partial charge is 0.471 e. The molecule has 0 saturated carbocycles. The first-order valence-corrected chi connectivity index (χ1v) is 7.97. The second-order valence-electron chi connectivity index (χ2n) is 5.65. The molecule has 1 unspecified atom stereocenters. The molecule has 1 saturated heterocycles. The molecule has 1 aliphatic rings. The van der Waals surface area contributed by atoms with Crippen molar-refractivity contribution in [3.8, 4) is 5.88 Å². The van der Waals surface area contributed by atoms with E-state index in [2.05, 4.69) is 24.0 Å². The summed E-state index contributed by atoms with van der Waals surface area (Å²) in [6.45, 7) is 5.73. The highest BCUT2D eigenvalue weighted by atomic mass is 16.5. The van der Waals surface area contributed by atoms with E-state index in [0.29, 0.717) is 18.3 Å². The van der Waals surface area contributed by atoms with Crippen molar-refractivity contribution in [1.82, 2.24) is 15.1 Å². The number of aromatic nitrogens is 2. The van der Waals surface area contributed by atoms with Crippen LogP contribution < -0.4 is 4.74 Å². The summed E-state index contributed by atoms with van der Waals surface area (Å²) in [5.74, 6) is 1.01. The van der Waals surface area contributed by atoms with Gasteiger partial charge in [-0.05, 0) is 18.9 Å². The van der Waals surface area contributed by atoms with Crippen LogP contribution in [0.4, 0.5) is 0 Å². The van der Waals surface area contributed by atoms with Crippen LogP contribution in [0.1, 0.15) is 46.0 Å². The number of carbonyl (C=O) groups is 1. The fourth-order valence-electron chi connectivity index (χ4n) is 2.89. The lowest BCUT2D eigenvalue weighted by atomic mass is 9.97. The third-order valence-corrected chi connectivity index (χ3v) is 3.92. The number of likely N-dealkylation sites (tertiary alicyclic amines) is 1. The number of rotatable bonds is 7. The molecule has 0 N–H and O–H groups in total. The molecule has 1 aliphatic heterocycles. The number of nitrogens with zero attached hydrogens (tertiary/aromatic N) is 3. The molecule has 1 fully saturated rings. The normalized spacial score (nSPS) is 18.2. The van der Waals surface area contributed by atoms with E-state index in [-0.39, 0.29) is 12.0 Å². The van der Waals surface area contributed by atoms with Gasteiger partial charge in [-0.2, -0.15) is 5.10 Å². The first-order chi connectivity index (χ1) is 10.2. The van der Waals surface area contributed by atoms with Gasteiger partial charge in [-0.3, -0.25) is 4.79 Å². The van der Waals surface area contributed by atoms with Crippen LogP contribution in [0.25, 0.3) is 0 Å². The summed E-state index contributed by atoms with van der Waals surface area (Å²) >= 11 is 0. The Hall–Kier alpha value is -1.65. The van der Waals surface area contributed by atoms with Gasteiger partial charge in [-0.15, -0.1) is 5.10 Å². The zero-order valence-electron chi connectivity index (χ0n) is 13.0. The number of ether oxygens (including phenoxy) is 1. The molecule has 2 heterocycles. The lowest BCUT2D eigenvalue weighted by Gasteiger charge is -2.23. The van der Waals surface area contributed by atoms with E-state index in [1.165, 1.54) is 0 Å². The van der Waals surface area contributed by atoms with Gasteiger partial charge in [-0.1, -0.05) is 26.7 Å². The molecule has 0 spiro atoms. The topological polar surface area (TPSA) is 55.3 Å². The van der Waals surface area contributed by atoms with E-state index in [1.54, 1.807) is 18.3 Å². The molecular formula is C16H25N3O2. The minimum Gasteiger partial charge on any atom is -0.471 e. The predicted octanol–water partition coefficient (Wildman–Crippen LogP) is 2.67. The predicted molar refractivity (Wildman–Crippen MR) is 81.0 cm³/mol. The van der Waals surface area contributed by atoms with Crippen molar-refractivity contribution in [3.63, 3.8) is 0 Å². The molecule has 1 atom stereocenters. The van der Waals surface area contributed by atoms with Crippen LogP contribution in [0.2, 0.25) is 0 Å². The Morgan fingerprint density at radius 1 is 1.43 bits per heavy atom. The van der Waals surface area contributed by atoms with Crippen LogP contribution in [0.15, 0.2) is 18.3 Å².